The maximum Gasteiger partial charge on any atom is 0.130 e. The van der Waals surface area contributed by atoms with Crippen LogP contribution in [0.25, 0.3) is 0 Å². The van der Waals surface area contributed by atoms with Gasteiger partial charge >= 0.3 is 0 Å². The number of rotatable bonds is 8. The molecule has 0 unspecified atom stereocenters. The van der Waals surface area contributed by atoms with E-state index in [1.54, 1.807) is 0 Å². The molecule has 0 fully saturated rings. The van der Waals surface area contributed by atoms with Crippen molar-refractivity contribution in [2.75, 3.05) is 25.1 Å². The van der Waals surface area contributed by atoms with Crippen LogP contribution in [0.15, 0.2) is 6.07 Å². The highest BCUT2D eigenvalue weighted by atomic mass is 16.5. The summed E-state index contributed by atoms with van der Waals surface area (Å²) < 4.78 is 5.48. The molecule has 0 spiro atoms. The number of nitrogens with zero attached hydrogens (tertiary/aromatic N) is 2. The standard InChI is InChI=1S/C13H23N3O/c1-4-6-8-17-9-7-14-13-10-12(5-2)15-11(3)16-13/h10H,4-9H2,1-3H3,(H,14,15,16). The maximum atomic E-state index is 5.48. The average Bonchev–Trinajstić information content (AvgIpc) is 2.33. The number of nitrogens with one attached hydrogen (secondary N) is 1. The lowest BCUT2D eigenvalue weighted by atomic mass is 10.3. The number of unbranched alkanes of at least 4 members (excludes halogenated alkanes) is 1. The Balaban J connectivity index is 2.28. The molecule has 1 rings (SSSR count). The van der Waals surface area contributed by atoms with Gasteiger partial charge in [-0.1, -0.05) is 20.3 Å². The van der Waals surface area contributed by atoms with Gasteiger partial charge in [0.1, 0.15) is 11.6 Å². The first kappa shape index (κ1) is 13.9. The maximum absolute atomic E-state index is 5.48. The van der Waals surface area contributed by atoms with E-state index in [1.165, 1.54) is 6.42 Å². The fourth-order valence-corrected chi connectivity index (χ4v) is 1.50. The second-order valence-corrected chi connectivity index (χ2v) is 4.04. The van der Waals surface area contributed by atoms with Gasteiger partial charge in [0, 0.05) is 24.9 Å². The summed E-state index contributed by atoms with van der Waals surface area (Å²) in [4.78, 5) is 8.68. The van der Waals surface area contributed by atoms with Gasteiger partial charge < -0.3 is 10.1 Å². The van der Waals surface area contributed by atoms with E-state index in [9.17, 15) is 0 Å². The molecule has 17 heavy (non-hydrogen) atoms. The molecule has 0 aliphatic rings. The van der Waals surface area contributed by atoms with Crippen LogP contribution >= 0.6 is 0 Å². The van der Waals surface area contributed by atoms with Crippen molar-refractivity contribution in [2.24, 2.45) is 0 Å². The van der Waals surface area contributed by atoms with E-state index in [-0.39, 0.29) is 0 Å². The van der Waals surface area contributed by atoms with Crippen molar-refractivity contribution in [3.63, 3.8) is 0 Å². The highest BCUT2D eigenvalue weighted by Gasteiger charge is 1.99. The Kier molecular flexibility index (Phi) is 6.55. The van der Waals surface area contributed by atoms with Gasteiger partial charge in [0.15, 0.2) is 0 Å². The van der Waals surface area contributed by atoms with Gasteiger partial charge in [-0.15, -0.1) is 0 Å². The van der Waals surface area contributed by atoms with Crippen LogP contribution in [0.3, 0.4) is 0 Å². The van der Waals surface area contributed by atoms with E-state index in [1.807, 2.05) is 13.0 Å². The fourth-order valence-electron chi connectivity index (χ4n) is 1.50. The van der Waals surface area contributed by atoms with Crippen molar-refractivity contribution < 1.29 is 4.74 Å². The minimum absolute atomic E-state index is 0.727. The summed E-state index contributed by atoms with van der Waals surface area (Å²) in [6.07, 6.45) is 3.25. The molecule has 1 N–H and O–H groups in total. The van der Waals surface area contributed by atoms with E-state index < -0.39 is 0 Å². The van der Waals surface area contributed by atoms with E-state index in [2.05, 4.69) is 29.1 Å². The zero-order chi connectivity index (χ0) is 12.5. The number of anilines is 1. The second-order valence-electron chi connectivity index (χ2n) is 4.04. The Morgan fingerprint density at radius 3 is 2.76 bits per heavy atom. The lowest BCUT2D eigenvalue weighted by Crippen LogP contribution is -2.12. The zero-order valence-electron chi connectivity index (χ0n) is 11.1. The highest BCUT2D eigenvalue weighted by Crippen LogP contribution is 2.06. The summed E-state index contributed by atoms with van der Waals surface area (Å²) in [6.45, 7) is 8.55. The Bertz CT molecular complexity index is 328. The van der Waals surface area contributed by atoms with Gasteiger partial charge in [-0.2, -0.15) is 0 Å². The SMILES string of the molecule is CCCCOCCNc1cc(CC)nc(C)n1. The predicted octanol–water partition coefficient (Wildman–Crippen LogP) is 2.58. The second kappa shape index (κ2) is 8.01. The molecule has 0 saturated carbocycles. The topological polar surface area (TPSA) is 47.0 Å². The molecule has 0 bridgehead atoms. The lowest BCUT2D eigenvalue weighted by Gasteiger charge is -2.08. The van der Waals surface area contributed by atoms with Crippen LogP contribution < -0.4 is 5.32 Å². The Labute approximate surface area is 104 Å². The van der Waals surface area contributed by atoms with Crippen molar-refractivity contribution in [1.82, 2.24) is 9.97 Å². The molecule has 96 valence electrons. The largest absolute Gasteiger partial charge is 0.380 e. The monoisotopic (exact) mass is 237 g/mol. The third-order valence-electron chi connectivity index (χ3n) is 2.45. The normalized spacial score (nSPS) is 10.5. The quantitative estimate of drug-likeness (QED) is 0.706. The number of ether oxygens (including phenoxy) is 1. The van der Waals surface area contributed by atoms with E-state index in [4.69, 9.17) is 4.74 Å². The van der Waals surface area contributed by atoms with Crippen LogP contribution in [0.1, 0.15) is 38.2 Å². The molecule has 4 heteroatoms. The molecule has 0 saturated heterocycles. The molecule has 0 aliphatic heterocycles. The van der Waals surface area contributed by atoms with Crippen molar-refractivity contribution >= 4 is 5.82 Å². The lowest BCUT2D eigenvalue weighted by molar-refractivity contribution is 0.141. The summed E-state index contributed by atoms with van der Waals surface area (Å²) >= 11 is 0. The molecule has 1 heterocycles. The molecular formula is C13H23N3O. The van der Waals surface area contributed by atoms with Crippen LogP contribution in [-0.2, 0) is 11.2 Å². The first-order valence-corrected chi connectivity index (χ1v) is 6.42. The van der Waals surface area contributed by atoms with E-state index >= 15 is 0 Å². The summed E-state index contributed by atoms with van der Waals surface area (Å²) in [6, 6.07) is 2.00. The third-order valence-corrected chi connectivity index (χ3v) is 2.45. The van der Waals surface area contributed by atoms with Gasteiger partial charge in [-0.05, 0) is 19.8 Å². The van der Waals surface area contributed by atoms with Gasteiger partial charge in [0.25, 0.3) is 0 Å². The van der Waals surface area contributed by atoms with Crippen LogP contribution in [0.5, 0.6) is 0 Å². The van der Waals surface area contributed by atoms with E-state index in [0.717, 1.165) is 49.9 Å². The molecule has 0 aromatic carbocycles. The van der Waals surface area contributed by atoms with Crippen LogP contribution in [0, 0.1) is 6.92 Å². The van der Waals surface area contributed by atoms with Crippen molar-refractivity contribution in [1.29, 1.82) is 0 Å². The third kappa shape index (κ3) is 5.63. The molecule has 0 aliphatic carbocycles. The molecular weight excluding hydrogens is 214 g/mol. The van der Waals surface area contributed by atoms with Crippen molar-refractivity contribution in [3.05, 3.63) is 17.6 Å². The van der Waals surface area contributed by atoms with Crippen molar-refractivity contribution in [2.45, 2.75) is 40.0 Å². The first-order chi connectivity index (χ1) is 8.26. The predicted molar refractivity (Wildman–Crippen MR) is 70.4 cm³/mol. The molecule has 1 aromatic rings. The number of hydrogen-bond acceptors (Lipinski definition) is 4. The zero-order valence-corrected chi connectivity index (χ0v) is 11.1. The molecule has 0 amide bonds. The van der Waals surface area contributed by atoms with Crippen LogP contribution in [0.4, 0.5) is 5.82 Å². The molecule has 1 aromatic heterocycles. The minimum Gasteiger partial charge on any atom is -0.380 e. The van der Waals surface area contributed by atoms with Gasteiger partial charge in [-0.25, -0.2) is 9.97 Å². The summed E-state index contributed by atoms with van der Waals surface area (Å²) in [5.41, 5.74) is 1.08. The van der Waals surface area contributed by atoms with Crippen LogP contribution in [0.2, 0.25) is 0 Å². The Hall–Kier alpha value is -1.16. The highest BCUT2D eigenvalue weighted by molar-refractivity contribution is 5.35. The van der Waals surface area contributed by atoms with Crippen LogP contribution in [-0.4, -0.2) is 29.7 Å². The summed E-state index contributed by atoms with van der Waals surface area (Å²) in [5, 5.41) is 3.26. The van der Waals surface area contributed by atoms with E-state index in [0.29, 0.717) is 0 Å². The average molecular weight is 237 g/mol. The smallest absolute Gasteiger partial charge is 0.130 e. The number of hydrogen-bond donors (Lipinski definition) is 1. The fraction of sp³-hybridized carbons (Fsp3) is 0.692. The first-order valence-electron chi connectivity index (χ1n) is 6.42. The minimum atomic E-state index is 0.727. The van der Waals surface area contributed by atoms with Gasteiger partial charge in [0.05, 0.1) is 6.61 Å². The van der Waals surface area contributed by atoms with Gasteiger partial charge in [-0.3, -0.25) is 0 Å². The summed E-state index contributed by atoms with van der Waals surface area (Å²) in [5.74, 6) is 1.71. The Morgan fingerprint density at radius 1 is 1.24 bits per heavy atom. The van der Waals surface area contributed by atoms with Crippen molar-refractivity contribution in [3.8, 4) is 0 Å². The molecule has 0 atom stereocenters. The Morgan fingerprint density at radius 2 is 2.06 bits per heavy atom. The summed E-state index contributed by atoms with van der Waals surface area (Å²) in [7, 11) is 0. The number of aromatic nitrogens is 2. The van der Waals surface area contributed by atoms with Gasteiger partial charge in [0.2, 0.25) is 0 Å². The molecule has 4 nitrogen and oxygen atoms in total. The number of aryl methyl sites for hydroxylation is 2. The molecule has 0 radical (unpaired) electrons.